The maximum atomic E-state index is 14.4. The number of aryl methyl sites for hydroxylation is 2. The quantitative estimate of drug-likeness (QED) is 0.121. The molecular formula is C36H38N4O3. The molecule has 43 heavy (non-hydrogen) atoms. The van der Waals surface area contributed by atoms with Crippen LogP contribution in [0.1, 0.15) is 58.4 Å². The van der Waals surface area contributed by atoms with Crippen LogP contribution in [0.2, 0.25) is 0 Å². The summed E-state index contributed by atoms with van der Waals surface area (Å²) in [7, 11) is 4.05. The Morgan fingerprint density at radius 1 is 0.907 bits per heavy atom. The molecule has 0 aliphatic carbocycles. The van der Waals surface area contributed by atoms with Crippen molar-refractivity contribution in [3.63, 3.8) is 0 Å². The molecule has 0 aliphatic heterocycles. The van der Waals surface area contributed by atoms with Gasteiger partial charge in [-0.05, 0) is 68.4 Å². The largest absolute Gasteiger partial charge is 0.336 e. The van der Waals surface area contributed by atoms with Crippen molar-refractivity contribution in [3.8, 4) is 0 Å². The van der Waals surface area contributed by atoms with E-state index < -0.39 is 0 Å². The molecule has 7 heteroatoms. The van der Waals surface area contributed by atoms with Gasteiger partial charge in [0.05, 0.1) is 4.92 Å². The maximum Gasteiger partial charge on any atom is 0.272 e. The highest BCUT2D eigenvalue weighted by Gasteiger charge is 2.31. The van der Waals surface area contributed by atoms with Gasteiger partial charge in [-0.25, -0.2) is 0 Å². The van der Waals surface area contributed by atoms with E-state index in [-0.39, 0.29) is 22.4 Å². The number of carbonyl (C=O) groups is 1. The highest BCUT2D eigenvalue weighted by Crippen LogP contribution is 2.41. The molecule has 0 unspecified atom stereocenters. The van der Waals surface area contributed by atoms with Crippen molar-refractivity contribution in [3.05, 3.63) is 141 Å². The Labute approximate surface area is 252 Å². The molecule has 0 fully saturated rings. The van der Waals surface area contributed by atoms with Crippen molar-refractivity contribution in [2.24, 2.45) is 0 Å². The molecule has 5 aromatic rings. The van der Waals surface area contributed by atoms with Gasteiger partial charge in [-0.3, -0.25) is 14.9 Å². The monoisotopic (exact) mass is 574 g/mol. The molecule has 220 valence electrons. The molecule has 0 saturated carbocycles. The fraction of sp³-hybridized carbons (Fsp3) is 0.250. The minimum absolute atomic E-state index is 0.00228. The van der Waals surface area contributed by atoms with Gasteiger partial charge < -0.3 is 14.8 Å². The first-order valence-electron chi connectivity index (χ1n) is 14.8. The number of rotatable bonds is 12. The molecule has 0 bridgehead atoms. The Hall–Kier alpha value is -4.75. The van der Waals surface area contributed by atoms with Gasteiger partial charge in [-0.15, -0.1) is 0 Å². The van der Waals surface area contributed by atoms with Gasteiger partial charge in [-0.2, -0.15) is 0 Å². The fourth-order valence-corrected chi connectivity index (χ4v) is 5.85. The number of nitrogens with one attached hydrogen (secondary N) is 1. The Balaban J connectivity index is 1.76. The zero-order chi connectivity index (χ0) is 30.3. The van der Waals surface area contributed by atoms with Crippen LogP contribution in [-0.4, -0.2) is 40.9 Å². The molecule has 1 amide bonds. The zero-order valence-electron chi connectivity index (χ0n) is 25.0. The number of nitrogens with zero attached hydrogens (tertiary/aromatic N) is 3. The van der Waals surface area contributed by atoms with Crippen LogP contribution in [0.25, 0.3) is 10.9 Å². The van der Waals surface area contributed by atoms with Crippen LogP contribution in [0.4, 0.5) is 11.4 Å². The highest BCUT2D eigenvalue weighted by atomic mass is 16.6. The molecular weight excluding hydrogens is 536 g/mol. The number of fused-ring (bicyclic) bond motifs is 1. The number of benzene rings is 4. The summed E-state index contributed by atoms with van der Waals surface area (Å²) in [6.45, 7) is 3.57. The first kappa shape index (κ1) is 29.7. The van der Waals surface area contributed by atoms with Gasteiger partial charge in [0.2, 0.25) is 0 Å². The lowest BCUT2D eigenvalue weighted by Crippen LogP contribution is -2.22. The lowest BCUT2D eigenvalue weighted by atomic mass is 9.83. The minimum atomic E-state index is -0.371. The summed E-state index contributed by atoms with van der Waals surface area (Å²) in [5.74, 6) is -0.562. The molecule has 0 saturated heterocycles. The topological polar surface area (TPSA) is 80.4 Å². The molecule has 5 rings (SSSR count). The van der Waals surface area contributed by atoms with Crippen LogP contribution in [0.3, 0.4) is 0 Å². The fourth-order valence-electron chi connectivity index (χ4n) is 5.85. The van der Waals surface area contributed by atoms with Gasteiger partial charge >= 0.3 is 0 Å². The Bertz CT molecular complexity index is 1650. The molecule has 0 spiro atoms. The van der Waals surface area contributed by atoms with Crippen LogP contribution in [0.15, 0.2) is 103 Å². The summed E-state index contributed by atoms with van der Waals surface area (Å²) >= 11 is 0. The third kappa shape index (κ3) is 6.68. The Kier molecular flexibility index (Phi) is 9.32. The van der Waals surface area contributed by atoms with E-state index in [2.05, 4.69) is 46.0 Å². The van der Waals surface area contributed by atoms with E-state index in [9.17, 15) is 14.9 Å². The van der Waals surface area contributed by atoms with E-state index in [0.29, 0.717) is 23.3 Å². The van der Waals surface area contributed by atoms with Crippen molar-refractivity contribution in [2.45, 2.75) is 38.6 Å². The van der Waals surface area contributed by atoms with E-state index in [0.717, 1.165) is 48.0 Å². The van der Waals surface area contributed by atoms with Crippen LogP contribution in [0, 0.1) is 10.1 Å². The molecule has 0 radical (unpaired) electrons. The highest BCUT2D eigenvalue weighted by molar-refractivity contribution is 6.09. The maximum absolute atomic E-state index is 14.4. The molecule has 0 atom stereocenters. The SMILES string of the molecule is CCCc1ccc(NC(=O)c2c(C(c3ccccc3)c3ccccc3)c3cc([N+](=O)[O-])ccc3n2CCCN(C)C)cc1. The van der Waals surface area contributed by atoms with E-state index in [1.165, 1.54) is 11.6 Å². The number of amides is 1. The number of aromatic nitrogens is 1. The molecule has 0 aliphatic rings. The average Bonchev–Trinajstić information content (AvgIpc) is 3.32. The molecule has 1 N–H and O–H groups in total. The number of non-ortho nitro benzene ring substituents is 1. The van der Waals surface area contributed by atoms with Crippen LogP contribution >= 0.6 is 0 Å². The summed E-state index contributed by atoms with van der Waals surface area (Å²) in [6, 6.07) is 33.0. The average molecular weight is 575 g/mol. The van der Waals surface area contributed by atoms with Gasteiger partial charge in [0.25, 0.3) is 11.6 Å². The van der Waals surface area contributed by atoms with Crippen molar-refractivity contribution < 1.29 is 9.72 Å². The first-order chi connectivity index (χ1) is 20.9. The molecule has 1 aromatic heterocycles. The number of nitro groups is 1. The smallest absolute Gasteiger partial charge is 0.272 e. The molecule has 7 nitrogen and oxygen atoms in total. The van der Waals surface area contributed by atoms with Crippen molar-refractivity contribution in [2.75, 3.05) is 26.0 Å². The van der Waals surface area contributed by atoms with Gasteiger partial charge in [0, 0.05) is 46.7 Å². The first-order valence-corrected chi connectivity index (χ1v) is 14.8. The summed E-state index contributed by atoms with van der Waals surface area (Å²) < 4.78 is 2.05. The van der Waals surface area contributed by atoms with Gasteiger partial charge in [0.1, 0.15) is 5.69 Å². The van der Waals surface area contributed by atoms with Crippen molar-refractivity contribution in [1.29, 1.82) is 0 Å². The Morgan fingerprint density at radius 2 is 1.53 bits per heavy atom. The summed E-state index contributed by atoms with van der Waals surface area (Å²) in [6.07, 6.45) is 2.84. The Morgan fingerprint density at radius 3 is 2.09 bits per heavy atom. The third-order valence-corrected chi connectivity index (χ3v) is 7.80. The van der Waals surface area contributed by atoms with Crippen molar-refractivity contribution in [1.82, 2.24) is 9.47 Å². The zero-order valence-corrected chi connectivity index (χ0v) is 25.0. The van der Waals surface area contributed by atoms with Crippen LogP contribution < -0.4 is 5.32 Å². The minimum Gasteiger partial charge on any atom is -0.336 e. The number of nitro benzene ring substituents is 1. The van der Waals surface area contributed by atoms with Crippen LogP contribution in [-0.2, 0) is 13.0 Å². The molecule has 4 aromatic carbocycles. The number of hydrogen-bond acceptors (Lipinski definition) is 4. The van der Waals surface area contributed by atoms with Gasteiger partial charge in [0.15, 0.2) is 0 Å². The second-order valence-electron chi connectivity index (χ2n) is 11.2. The number of carbonyl (C=O) groups excluding carboxylic acids is 1. The van der Waals surface area contributed by atoms with Gasteiger partial charge in [-0.1, -0.05) is 86.1 Å². The summed E-state index contributed by atoms with van der Waals surface area (Å²) in [4.78, 5) is 28.2. The number of hydrogen-bond donors (Lipinski definition) is 1. The normalized spacial score (nSPS) is 11.4. The predicted molar refractivity (Wildman–Crippen MR) is 174 cm³/mol. The van der Waals surface area contributed by atoms with E-state index in [1.54, 1.807) is 12.1 Å². The molecule has 1 heterocycles. The van der Waals surface area contributed by atoms with E-state index in [4.69, 9.17) is 0 Å². The standard InChI is InChI=1S/C36H38N4O3/c1-4-12-26-17-19-29(20-18-26)37-36(41)35-34(33(27-13-7-5-8-14-27)28-15-9-6-10-16-28)31-25-30(40(42)43)21-22-32(31)39(35)24-11-23-38(2)3/h5-10,13-22,25,33H,4,11-12,23-24H2,1-3H3,(H,37,41). The number of anilines is 1. The summed E-state index contributed by atoms with van der Waals surface area (Å²) in [5, 5.41) is 15.8. The predicted octanol–water partition coefficient (Wildman–Crippen LogP) is 7.89. The van der Waals surface area contributed by atoms with Crippen LogP contribution in [0.5, 0.6) is 0 Å². The third-order valence-electron chi connectivity index (χ3n) is 7.80. The second kappa shape index (κ2) is 13.5. The lowest BCUT2D eigenvalue weighted by Gasteiger charge is -2.21. The second-order valence-corrected chi connectivity index (χ2v) is 11.2. The summed E-state index contributed by atoms with van der Waals surface area (Å²) in [5.41, 5.74) is 6.03. The van der Waals surface area contributed by atoms with E-state index in [1.807, 2.05) is 74.8 Å². The van der Waals surface area contributed by atoms with E-state index >= 15 is 0 Å². The van der Waals surface area contributed by atoms with Crippen molar-refractivity contribution >= 4 is 28.2 Å². The lowest BCUT2D eigenvalue weighted by molar-refractivity contribution is -0.384.